The van der Waals surface area contributed by atoms with E-state index in [1.165, 1.54) is 6.08 Å². The van der Waals surface area contributed by atoms with Crippen molar-refractivity contribution in [1.29, 1.82) is 0 Å². The Morgan fingerprint density at radius 2 is 1.28 bits per heavy atom. The van der Waals surface area contributed by atoms with Gasteiger partial charge in [-0.2, -0.15) is 0 Å². The van der Waals surface area contributed by atoms with Crippen molar-refractivity contribution >= 4 is 23.7 Å². The molecule has 5 nitrogen and oxygen atoms in total. The fraction of sp³-hybridized carbons (Fsp3) is 0.500. The van der Waals surface area contributed by atoms with Crippen LogP contribution in [0.4, 0.5) is 5.69 Å². The zero-order chi connectivity index (χ0) is 19.3. The SMILES string of the molecule is CC(C)(C)COC(=O)C(=Cc1ccc(N)cc1)C(=O)OCC(C)(C)C. The van der Waals surface area contributed by atoms with Gasteiger partial charge in [-0.05, 0) is 34.6 Å². The Balaban J connectivity index is 3.02. The van der Waals surface area contributed by atoms with Gasteiger partial charge in [0.15, 0.2) is 0 Å². The molecule has 0 atom stereocenters. The van der Waals surface area contributed by atoms with E-state index >= 15 is 0 Å². The first kappa shape index (κ1) is 20.7. The second kappa shape index (κ2) is 8.19. The maximum absolute atomic E-state index is 12.4. The molecule has 0 aliphatic rings. The van der Waals surface area contributed by atoms with Crippen molar-refractivity contribution in [2.24, 2.45) is 10.8 Å². The van der Waals surface area contributed by atoms with Gasteiger partial charge in [0, 0.05) is 5.69 Å². The zero-order valence-electron chi connectivity index (χ0n) is 16.0. The summed E-state index contributed by atoms with van der Waals surface area (Å²) < 4.78 is 10.6. The third kappa shape index (κ3) is 8.38. The van der Waals surface area contributed by atoms with Crippen LogP contribution in [-0.4, -0.2) is 25.2 Å². The summed E-state index contributed by atoms with van der Waals surface area (Å²) in [5.41, 5.74) is 6.42. The third-order valence-corrected chi connectivity index (χ3v) is 2.96. The predicted molar refractivity (Wildman–Crippen MR) is 99.7 cm³/mol. The minimum atomic E-state index is -0.689. The maximum atomic E-state index is 12.4. The van der Waals surface area contributed by atoms with Crippen molar-refractivity contribution in [2.45, 2.75) is 41.5 Å². The van der Waals surface area contributed by atoms with Crippen LogP contribution in [0.1, 0.15) is 47.1 Å². The summed E-state index contributed by atoms with van der Waals surface area (Å²) in [5, 5.41) is 0. The Bertz CT molecular complexity index is 599. The van der Waals surface area contributed by atoms with Crippen LogP contribution in [0.15, 0.2) is 29.8 Å². The highest BCUT2D eigenvalue weighted by Gasteiger charge is 2.25. The standard InChI is InChI=1S/C20H29NO4/c1-19(2,3)12-24-17(22)16(18(23)25-13-20(4,5)6)11-14-7-9-15(21)10-8-14/h7-11H,12-13,21H2,1-6H3. The van der Waals surface area contributed by atoms with Crippen LogP contribution in [0.2, 0.25) is 0 Å². The molecule has 0 saturated heterocycles. The van der Waals surface area contributed by atoms with E-state index in [2.05, 4.69) is 0 Å². The normalized spacial score (nSPS) is 11.6. The minimum absolute atomic E-state index is 0.127. The van der Waals surface area contributed by atoms with Gasteiger partial charge >= 0.3 is 11.9 Å². The summed E-state index contributed by atoms with van der Waals surface area (Å²) in [5.74, 6) is -1.38. The van der Waals surface area contributed by atoms with E-state index in [1.807, 2.05) is 41.5 Å². The Labute approximate surface area is 150 Å². The minimum Gasteiger partial charge on any atom is -0.461 e. The van der Waals surface area contributed by atoms with Crippen LogP contribution >= 0.6 is 0 Å². The van der Waals surface area contributed by atoms with Crippen molar-refractivity contribution in [3.05, 3.63) is 35.4 Å². The average molecular weight is 347 g/mol. The van der Waals surface area contributed by atoms with E-state index in [4.69, 9.17) is 15.2 Å². The van der Waals surface area contributed by atoms with Gasteiger partial charge in [-0.3, -0.25) is 0 Å². The average Bonchev–Trinajstić information content (AvgIpc) is 2.48. The van der Waals surface area contributed by atoms with Crippen molar-refractivity contribution in [3.63, 3.8) is 0 Å². The lowest BCUT2D eigenvalue weighted by Gasteiger charge is -2.20. The first-order valence-corrected chi connectivity index (χ1v) is 8.29. The van der Waals surface area contributed by atoms with E-state index in [9.17, 15) is 9.59 Å². The van der Waals surface area contributed by atoms with E-state index in [0.29, 0.717) is 11.3 Å². The lowest BCUT2D eigenvalue weighted by Crippen LogP contribution is -2.25. The number of carbonyl (C=O) groups is 2. The molecular weight excluding hydrogens is 318 g/mol. The molecule has 1 aromatic carbocycles. The summed E-state index contributed by atoms with van der Waals surface area (Å²) in [4.78, 5) is 24.8. The Hall–Kier alpha value is -2.30. The van der Waals surface area contributed by atoms with Crippen molar-refractivity contribution < 1.29 is 19.1 Å². The molecular formula is C20H29NO4. The van der Waals surface area contributed by atoms with Gasteiger partial charge in [-0.1, -0.05) is 53.7 Å². The van der Waals surface area contributed by atoms with E-state index < -0.39 is 11.9 Å². The Kier molecular flexibility index (Phi) is 6.79. The fourth-order valence-electron chi connectivity index (χ4n) is 1.68. The molecule has 0 spiro atoms. The molecule has 1 aromatic rings. The predicted octanol–water partition coefficient (Wildman–Crippen LogP) is 3.83. The summed E-state index contributed by atoms with van der Waals surface area (Å²) in [6.07, 6.45) is 1.47. The van der Waals surface area contributed by atoms with Gasteiger partial charge in [0.25, 0.3) is 0 Å². The highest BCUT2D eigenvalue weighted by molar-refractivity contribution is 6.17. The summed E-state index contributed by atoms with van der Waals surface area (Å²) in [7, 11) is 0. The number of hydrogen-bond acceptors (Lipinski definition) is 5. The molecule has 2 N–H and O–H groups in total. The fourth-order valence-corrected chi connectivity index (χ4v) is 1.68. The van der Waals surface area contributed by atoms with Crippen LogP contribution in [-0.2, 0) is 19.1 Å². The van der Waals surface area contributed by atoms with E-state index in [0.717, 1.165) is 0 Å². The molecule has 0 saturated carbocycles. The molecule has 0 radical (unpaired) electrons. The largest absolute Gasteiger partial charge is 0.461 e. The first-order valence-electron chi connectivity index (χ1n) is 8.29. The zero-order valence-corrected chi connectivity index (χ0v) is 16.0. The Morgan fingerprint density at radius 1 is 0.880 bits per heavy atom. The molecule has 0 amide bonds. The number of benzene rings is 1. The second-order valence-corrected chi connectivity index (χ2v) is 8.50. The van der Waals surface area contributed by atoms with E-state index in [1.54, 1.807) is 24.3 Å². The van der Waals surface area contributed by atoms with Gasteiger partial charge in [0.1, 0.15) is 5.57 Å². The highest BCUT2D eigenvalue weighted by atomic mass is 16.6. The number of carbonyl (C=O) groups excluding carboxylic acids is 2. The summed E-state index contributed by atoms with van der Waals surface area (Å²) in [6.45, 7) is 12.1. The molecule has 0 fully saturated rings. The number of anilines is 1. The van der Waals surface area contributed by atoms with E-state index in [-0.39, 0.29) is 29.6 Å². The second-order valence-electron chi connectivity index (χ2n) is 8.50. The van der Waals surface area contributed by atoms with Gasteiger partial charge < -0.3 is 15.2 Å². The third-order valence-electron chi connectivity index (χ3n) is 2.96. The smallest absolute Gasteiger partial charge is 0.345 e. The summed E-state index contributed by atoms with van der Waals surface area (Å²) in [6, 6.07) is 6.85. The monoisotopic (exact) mass is 347 g/mol. The molecule has 0 aliphatic carbocycles. The van der Waals surface area contributed by atoms with Crippen LogP contribution in [0, 0.1) is 10.8 Å². The first-order chi connectivity index (χ1) is 11.4. The van der Waals surface area contributed by atoms with Gasteiger partial charge in [-0.25, -0.2) is 9.59 Å². The quantitative estimate of drug-likeness (QED) is 0.288. The van der Waals surface area contributed by atoms with Crippen LogP contribution in [0.25, 0.3) is 6.08 Å². The number of ether oxygens (including phenoxy) is 2. The summed E-state index contributed by atoms with van der Waals surface area (Å²) >= 11 is 0. The molecule has 0 bridgehead atoms. The molecule has 0 aromatic heterocycles. The lowest BCUT2D eigenvalue weighted by molar-refractivity contribution is -0.149. The molecule has 5 heteroatoms. The molecule has 25 heavy (non-hydrogen) atoms. The number of esters is 2. The van der Waals surface area contributed by atoms with Crippen LogP contribution < -0.4 is 5.73 Å². The molecule has 0 aliphatic heterocycles. The van der Waals surface area contributed by atoms with Gasteiger partial charge in [-0.15, -0.1) is 0 Å². The van der Waals surface area contributed by atoms with Crippen molar-refractivity contribution in [3.8, 4) is 0 Å². The van der Waals surface area contributed by atoms with Gasteiger partial charge in [0.05, 0.1) is 13.2 Å². The number of nitrogen functional groups attached to an aromatic ring is 1. The molecule has 1 rings (SSSR count). The number of hydrogen-bond donors (Lipinski definition) is 1. The molecule has 0 unspecified atom stereocenters. The number of nitrogens with two attached hydrogens (primary N) is 1. The lowest BCUT2D eigenvalue weighted by atomic mass is 9.98. The van der Waals surface area contributed by atoms with Gasteiger partial charge in [0.2, 0.25) is 0 Å². The van der Waals surface area contributed by atoms with Crippen molar-refractivity contribution in [1.82, 2.24) is 0 Å². The van der Waals surface area contributed by atoms with Crippen LogP contribution in [0.3, 0.4) is 0 Å². The molecule has 0 heterocycles. The topological polar surface area (TPSA) is 78.6 Å². The molecule has 138 valence electrons. The number of rotatable bonds is 5. The van der Waals surface area contributed by atoms with Crippen LogP contribution in [0.5, 0.6) is 0 Å². The Morgan fingerprint density at radius 3 is 1.64 bits per heavy atom. The highest BCUT2D eigenvalue weighted by Crippen LogP contribution is 2.18. The maximum Gasteiger partial charge on any atom is 0.345 e. The van der Waals surface area contributed by atoms with Crippen molar-refractivity contribution in [2.75, 3.05) is 18.9 Å².